The summed E-state index contributed by atoms with van der Waals surface area (Å²) in [5, 5.41) is 10.5. The van der Waals surface area contributed by atoms with Crippen molar-refractivity contribution in [3.63, 3.8) is 0 Å². The van der Waals surface area contributed by atoms with Crippen molar-refractivity contribution in [2.75, 3.05) is 26.8 Å². The van der Waals surface area contributed by atoms with Gasteiger partial charge in [-0.3, -0.25) is 0 Å². The van der Waals surface area contributed by atoms with Crippen LogP contribution in [0.5, 0.6) is 0 Å². The number of thiophene rings is 1. The number of nitrogens with zero attached hydrogens (tertiary/aromatic N) is 1. The summed E-state index contributed by atoms with van der Waals surface area (Å²) in [5.41, 5.74) is 0. The molecule has 8 heteroatoms. The molecule has 0 aromatic carbocycles. The number of carbonyl (C=O) groups is 1. The van der Waals surface area contributed by atoms with E-state index in [-0.39, 0.29) is 15.7 Å². The molecule has 0 aliphatic carbocycles. The molecule has 1 fully saturated rings. The normalized spacial score (nSPS) is 20.8. The molecule has 1 aromatic heterocycles. The monoisotopic (exact) mass is 305 g/mol. The molecule has 0 amide bonds. The van der Waals surface area contributed by atoms with Gasteiger partial charge in [-0.05, 0) is 23.8 Å². The topological polar surface area (TPSA) is 83.9 Å². The van der Waals surface area contributed by atoms with Gasteiger partial charge in [0.1, 0.15) is 9.77 Å². The van der Waals surface area contributed by atoms with Crippen LogP contribution in [0.1, 0.15) is 16.1 Å². The zero-order valence-corrected chi connectivity index (χ0v) is 12.0. The van der Waals surface area contributed by atoms with Crippen molar-refractivity contribution in [1.29, 1.82) is 0 Å². The van der Waals surface area contributed by atoms with Gasteiger partial charge in [-0.2, -0.15) is 4.31 Å². The van der Waals surface area contributed by atoms with Crippen molar-refractivity contribution in [2.24, 2.45) is 5.92 Å². The molecule has 0 bridgehead atoms. The maximum Gasteiger partial charge on any atom is 0.347 e. The Morgan fingerprint density at radius 2 is 2.37 bits per heavy atom. The number of hydrogen-bond donors (Lipinski definition) is 1. The standard InChI is InChI=1S/C11H15NO5S2/c1-17-7-8-2-4-12(6-8)19(15,16)9-3-5-18-10(9)11(13)14/h3,5,8H,2,4,6-7H2,1H3,(H,13,14). The Labute approximate surface area is 115 Å². The van der Waals surface area contributed by atoms with E-state index in [9.17, 15) is 13.2 Å². The van der Waals surface area contributed by atoms with Crippen molar-refractivity contribution in [1.82, 2.24) is 4.31 Å². The van der Waals surface area contributed by atoms with Gasteiger partial charge in [0.25, 0.3) is 0 Å². The maximum atomic E-state index is 12.4. The Hall–Kier alpha value is -0.960. The summed E-state index contributed by atoms with van der Waals surface area (Å²) in [6.07, 6.45) is 0.736. The number of rotatable bonds is 5. The number of aromatic carboxylic acids is 1. The van der Waals surface area contributed by atoms with E-state index in [1.807, 2.05) is 0 Å². The van der Waals surface area contributed by atoms with Crippen LogP contribution in [0, 0.1) is 5.92 Å². The average Bonchev–Trinajstić information content (AvgIpc) is 2.97. The van der Waals surface area contributed by atoms with Gasteiger partial charge in [-0.25, -0.2) is 13.2 Å². The molecule has 1 aliphatic heterocycles. The SMILES string of the molecule is COCC1CCN(S(=O)(=O)c2ccsc2C(=O)O)C1. The lowest BCUT2D eigenvalue weighted by molar-refractivity contribution is 0.0698. The first-order valence-corrected chi connectivity index (χ1v) is 8.08. The van der Waals surface area contributed by atoms with Crippen LogP contribution in [0.25, 0.3) is 0 Å². The number of carboxylic acids is 1. The van der Waals surface area contributed by atoms with E-state index in [0.29, 0.717) is 19.7 Å². The summed E-state index contributed by atoms with van der Waals surface area (Å²) in [5.74, 6) is -1.03. The molecule has 106 valence electrons. The summed E-state index contributed by atoms with van der Waals surface area (Å²) in [7, 11) is -2.13. The van der Waals surface area contributed by atoms with Crippen LogP contribution in [-0.4, -0.2) is 50.6 Å². The fourth-order valence-electron chi connectivity index (χ4n) is 2.18. The van der Waals surface area contributed by atoms with Crippen molar-refractivity contribution in [2.45, 2.75) is 11.3 Å². The minimum absolute atomic E-state index is 0.108. The Morgan fingerprint density at radius 1 is 1.63 bits per heavy atom. The van der Waals surface area contributed by atoms with Gasteiger partial charge in [-0.1, -0.05) is 0 Å². The average molecular weight is 305 g/mol. The highest BCUT2D eigenvalue weighted by molar-refractivity contribution is 7.89. The summed E-state index contributed by atoms with van der Waals surface area (Å²) in [6.45, 7) is 1.30. The van der Waals surface area contributed by atoms with Gasteiger partial charge in [0.2, 0.25) is 10.0 Å². The zero-order chi connectivity index (χ0) is 14.0. The van der Waals surface area contributed by atoms with Crippen LogP contribution >= 0.6 is 11.3 Å². The Balaban J connectivity index is 2.24. The first kappa shape index (κ1) is 14.4. The van der Waals surface area contributed by atoms with Crippen LogP contribution < -0.4 is 0 Å². The highest BCUT2D eigenvalue weighted by Gasteiger charge is 2.35. The second kappa shape index (κ2) is 5.58. The van der Waals surface area contributed by atoms with E-state index in [1.54, 1.807) is 7.11 Å². The van der Waals surface area contributed by atoms with Crippen molar-refractivity contribution in [3.8, 4) is 0 Å². The largest absolute Gasteiger partial charge is 0.477 e. The molecule has 2 rings (SSSR count). The lowest BCUT2D eigenvalue weighted by atomic mass is 10.1. The van der Waals surface area contributed by atoms with Crippen molar-refractivity contribution in [3.05, 3.63) is 16.3 Å². The molecule has 1 N–H and O–H groups in total. The third-order valence-electron chi connectivity index (χ3n) is 3.09. The molecule has 19 heavy (non-hydrogen) atoms. The lowest BCUT2D eigenvalue weighted by Crippen LogP contribution is -2.30. The van der Waals surface area contributed by atoms with Gasteiger partial charge >= 0.3 is 5.97 Å². The van der Waals surface area contributed by atoms with E-state index >= 15 is 0 Å². The van der Waals surface area contributed by atoms with Crippen molar-refractivity contribution < 1.29 is 23.1 Å². The van der Waals surface area contributed by atoms with E-state index in [0.717, 1.165) is 17.8 Å². The molecule has 0 radical (unpaired) electrons. The molecule has 0 saturated carbocycles. The summed E-state index contributed by atoms with van der Waals surface area (Å²) in [4.78, 5) is 10.8. The fourth-order valence-corrected chi connectivity index (χ4v) is 4.95. The quantitative estimate of drug-likeness (QED) is 0.880. The number of carboxylic acid groups (broad SMARTS) is 1. The number of methoxy groups -OCH3 is 1. The Bertz CT molecular complexity index is 565. The Morgan fingerprint density at radius 3 is 3.00 bits per heavy atom. The zero-order valence-electron chi connectivity index (χ0n) is 10.4. The van der Waals surface area contributed by atoms with Gasteiger partial charge < -0.3 is 9.84 Å². The molecule has 0 spiro atoms. The van der Waals surface area contributed by atoms with Gasteiger partial charge in [-0.15, -0.1) is 11.3 Å². The first-order valence-electron chi connectivity index (χ1n) is 5.76. The van der Waals surface area contributed by atoms with Crippen LogP contribution in [-0.2, 0) is 14.8 Å². The first-order chi connectivity index (χ1) is 8.96. The van der Waals surface area contributed by atoms with Crippen molar-refractivity contribution >= 4 is 27.3 Å². The van der Waals surface area contributed by atoms with E-state index < -0.39 is 16.0 Å². The molecular formula is C11H15NO5S2. The summed E-state index contributed by atoms with van der Waals surface area (Å²) >= 11 is 0.924. The molecule has 1 atom stereocenters. The second-order valence-electron chi connectivity index (χ2n) is 4.39. The van der Waals surface area contributed by atoms with Crippen LogP contribution in [0.3, 0.4) is 0 Å². The molecule has 1 aliphatic rings. The second-order valence-corrected chi connectivity index (χ2v) is 7.21. The van der Waals surface area contributed by atoms with Gasteiger partial charge in [0, 0.05) is 20.2 Å². The minimum atomic E-state index is -3.71. The third-order valence-corrected chi connectivity index (χ3v) is 6.03. The minimum Gasteiger partial charge on any atom is -0.477 e. The van der Waals surface area contributed by atoms with Crippen LogP contribution in [0.2, 0.25) is 0 Å². The van der Waals surface area contributed by atoms with Gasteiger partial charge in [0.05, 0.1) is 6.61 Å². The van der Waals surface area contributed by atoms with Gasteiger partial charge in [0.15, 0.2) is 0 Å². The van der Waals surface area contributed by atoms with E-state index in [1.165, 1.54) is 15.8 Å². The predicted octanol–water partition coefficient (Wildman–Crippen LogP) is 1.10. The fraction of sp³-hybridized carbons (Fsp3) is 0.545. The molecule has 1 saturated heterocycles. The lowest BCUT2D eigenvalue weighted by Gasteiger charge is -2.16. The van der Waals surface area contributed by atoms with Crippen LogP contribution in [0.4, 0.5) is 0 Å². The predicted molar refractivity (Wildman–Crippen MR) is 70.0 cm³/mol. The van der Waals surface area contributed by atoms with E-state index in [2.05, 4.69) is 0 Å². The molecule has 2 heterocycles. The molecular weight excluding hydrogens is 290 g/mol. The van der Waals surface area contributed by atoms with E-state index in [4.69, 9.17) is 9.84 Å². The molecule has 6 nitrogen and oxygen atoms in total. The number of ether oxygens (including phenoxy) is 1. The maximum absolute atomic E-state index is 12.4. The summed E-state index contributed by atoms with van der Waals surface area (Å²) in [6, 6.07) is 1.35. The number of sulfonamides is 1. The molecule has 1 unspecified atom stereocenters. The highest BCUT2D eigenvalue weighted by atomic mass is 32.2. The smallest absolute Gasteiger partial charge is 0.347 e. The summed E-state index contributed by atoms with van der Waals surface area (Å²) < 4.78 is 31.2. The van der Waals surface area contributed by atoms with Crippen LogP contribution in [0.15, 0.2) is 16.3 Å². The number of hydrogen-bond acceptors (Lipinski definition) is 5. The molecule has 1 aromatic rings. The third kappa shape index (κ3) is 2.81. The highest BCUT2D eigenvalue weighted by Crippen LogP contribution is 2.29. The Kier molecular flexibility index (Phi) is 4.24.